The zero-order valence-corrected chi connectivity index (χ0v) is 18.5. The summed E-state index contributed by atoms with van der Waals surface area (Å²) >= 11 is 5.95. The number of hydrogen-bond acceptors (Lipinski definition) is 5. The van der Waals surface area contributed by atoms with E-state index in [1.54, 1.807) is 12.1 Å². The molecule has 0 aliphatic carbocycles. The smallest absolute Gasteiger partial charge is 0.276 e. The predicted molar refractivity (Wildman–Crippen MR) is 123 cm³/mol. The van der Waals surface area contributed by atoms with Gasteiger partial charge in [0.15, 0.2) is 6.61 Å². The first-order valence-corrected chi connectivity index (χ1v) is 11.6. The van der Waals surface area contributed by atoms with Gasteiger partial charge >= 0.3 is 0 Å². The minimum Gasteiger partial charge on any atom is -0.483 e. The molecule has 166 valence electrons. The third-order valence-corrected chi connectivity index (χ3v) is 5.09. The molecule has 8 nitrogen and oxygen atoms in total. The summed E-state index contributed by atoms with van der Waals surface area (Å²) in [5, 5.41) is 0.126. The van der Waals surface area contributed by atoms with Gasteiger partial charge in [-0.15, -0.1) is 0 Å². The van der Waals surface area contributed by atoms with E-state index in [1.807, 2.05) is 42.5 Å². The van der Waals surface area contributed by atoms with E-state index >= 15 is 0 Å². The average molecular weight is 474 g/mol. The van der Waals surface area contributed by atoms with E-state index in [0.717, 1.165) is 17.4 Å². The van der Waals surface area contributed by atoms with E-state index in [1.165, 1.54) is 18.2 Å². The summed E-state index contributed by atoms with van der Waals surface area (Å²) in [6.07, 6.45) is 0.965. The predicted octanol–water partition coefficient (Wildman–Crippen LogP) is 3.22. The van der Waals surface area contributed by atoms with Gasteiger partial charge in [-0.05, 0) is 29.8 Å². The quantitative estimate of drug-likeness (QED) is 0.456. The molecule has 10 heteroatoms. The first-order chi connectivity index (χ1) is 15.2. The number of hydrazine groups is 1. The zero-order valence-electron chi connectivity index (χ0n) is 17.0. The van der Waals surface area contributed by atoms with E-state index in [4.69, 9.17) is 16.3 Å². The molecule has 3 rings (SSSR count). The molecule has 0 spiro atoms. The molecule has 0 aliphatic rings. The van der Waals surface area contributed by atoms with Gasteiger partial charge in [0.1, 0.15) is 5.75 Å². The maximum absolute atomic E-state index is 12.3. The van der Waals surface area contributed by atoms with Gasteiger partial charge in [0.05, 0.1) is 17.0 Å². The van der Waals surface area contributed by atoms with Crippen LogP contribution < -0.4 is 20.3 Å². The molecule has 0 bridgehead atoms. The highest BCUT2D eigenvalue weighted by Gasteiger charge is 2.13. The van der Waals surface area contributed by atoms with Crippen LogP contribution in [0.4, 0.5) is 5.69 Å². The number of halogens is 1. The molecule has 0 atom stereocenters. The Hall–Kier alpha value is -3.56. The van der Waals surface area contributed by atoms with Crippen LogP contribution in [0.25, 0.3) is 11.1 Å². The minimum atomic E-state index is -3.58. The summed E-state index contributed by atoms with van der Waals surface area (Å²) in [6, 6.07) is 20.9. The Kier molecular flexibility index (Phi) is 7.34. The highest BCUT2D eigenvalue weighted by Crippen LogP contribution is 2.29. The van der Waals surface area contributed by atoms with Crippen molar-refractivity contribution in [1.29, 1.82) is 0 Å². The SMILES string of the molecule is CS(=O)(=O)Nc1cc(C(=O)NNC(=O)COc2ccccc2-c2ccccc2)ccc1Cl. The number of carbonyl (C=O) groups is 2. The molecular weight excluding hydrogens is 454 g/mol. The van der Waals surface area contributed by atoms with E-state index in [2.05, 4.69) is 15.6 Å². The lowest BCUT2D eigenvalue weighted by atomic mass is 10.1. The van der Waals surface area contributed by atoms with Crippen LogP contribution in [0.2, 0.25) is 5.02 Å². The maximum Gasteiger partial charge on any atom is 0.276 e. The van der Waals surface area contributed by atoms with Crippen LogP contribution in [0.1, 0.15) is 10.4 Å². The van der Waals surface area contributed by atoms with Gasteiger partial charge in [-0.2, -0.15) is 0 Å². The fourth-order valence-electron chi connectivity index (χ4n) is 2.77. The lowest BCUT2D eigenvalue weighted by Crippen LogP contribution is -2.43. The fourth-order valence-corrected chi connectivity index (χ4v) is 3.56. The topological polar surface area (TPSA) is 114 Å². The second kappa shape index (κ2) is 10.2. The first-order valence-electron chi connectivity index (χ1n) is 9.37. The van der Waals surface area contributed by atoms with Crippen LogP contribution in [-0.4, -0.2) is 33.1 Å². The summed E-state index contributed by atoms with van der Waals surface area (Å²) in [5.74, 6) is -0.713. The van der Waals surface area contributed by atoms with Crippen molar-refractivity contribution in [3.05, 3.63) is 83.4 Å². The van der Waals surface area contributed by atoms with Gasteiger partial charge in [0, 0.05) is 11.1 Å². The monoisotopic (exact) mass is 473 g/mol. The lowest BCUT2D eigenvalue weighted by molar-refractivity contribution is -0.123. The van der Waals surface area contributed by atoms with E-state index in [0.29, 0.717) is 5.75 Å². The third kappa shape index (κ3) is 6.47. The molecular formula is C22H20ClN3O5S. The van der Waals surface area contributed by atoms with Crippen LogP contribution in [0.3, 0.4) is 0 Å². The van der Waals surface area contributed by atoms with E-state index < -0.39 is 21.8 Å². The number of sulfonamides is 1. The molecule has 32 heavy (non-hydrogen) atoms. The molecule has 0 heterocycles. The first kappa shape index (κ1) is 23.1. The lowest BCUT2D eigenvalue weighted by Gasteiger charge is -2.13. The molecule has 0 unspecified atom stereocenters. The Morgan fingerprint density at radius 2 is 1.62 bits per heavy atom. The second-order valence-electron chi connectivity index (χ2n) is 6.72. The van der Waals surface area contributed by atoms with Gasteiger partial charge in [-0.3, -0.25) is 25.2 Å². The number of rotatable bonds is 7. The summed E-state index contributed by atoms with van der Waals surface area (Å²) in [5.41, 5.74) is 6.43. The highest BCUT2D eigenvalue weighted by molar-refractivity contribution is 7.92. The number of carbonyl (C=O) groups excluding carboxylic acids is 2. The molecule has 3 aromatic carbocycles. The van der Waals surface area contributed by atoms with Crippen LogP contribution in [0, 0.1) is 0 Å². The summed E-state index contributed by atoms with van der Waals surface area (Å²) in [6.45, 7) is -0.328. The maximum atomic E-state index is 12.3. The molecule has 0 radical (unpaired) electrons. The normalized spacial score (nSPS) is 10.8. The Bertz CT molecular complexity index is 1230. The van der Waals surface area contributed by atoms with E-state index in [-0.39, 0.29) is 22.9 Å². The Morgan fingerprint density at radius 3 is 2.34 bits per heavy atom. The van der Waals surface area contributed by atoms with Crippen molar-refractivity contribution in [2.75, 3.05) is 17.6 Å². The second-order valence-corrected chi connectivity index (χ2v) is 8.88. The number of para-hydroxylation sites is 1. The Labute approximate surface area is 190 Å². The van der Waals surface area contributed by atoms with Crippen molar-refractivity contribution in [1.82, 2.24) is 10.9 Å². The third-order valence-electron chi connectivity index (χ3n) is 4.17. The molecule has 0 saturated heterocycles. The minimum absolute atomic E-state index is 0.0500. The molecule has 0 saturated carbocycles. The number of ether oxygens (including phenoxy) is 1. The van der Waals surface area contributed by atoms with Gasteiger partial charge in [-0.25, -0.2) is 8.42 Å². The summed E-state index contributed by atoms with van der Waals surface area (Å²) in [7, 11) is -3.58. The number of hydrogen-bond donors (Lipinski definition) is 3. The molecule has 0 aliphatic heterocycles. The summed E-state index contributed by atoms with van der Waals surface area (Å²) < 4.78 is 30.7. The number of nitrogens with one attached hydrogen (secondary N) is 3. The van der Waals surface area contributed by atoms with Crippen molar-refractivity contribution >= 4 is 39.1 Å². The highest BCUT2D eigenvalue weighted by atomic mass is 35.5. The van der Waals surface area contributed by atoms with Crippen LogP contribution in [0.15, 0.2) is 72.8 Å². The van der Waals surface area contributed by atoms with Gasteiger partial charge in [-0.1, -0.05) is 60.1 Å². The van der Waals surface area contributed by atoms with Crippen LogP contribution >= 0.6 is 11.6 Å². The zero-order chi connectivity index (χ0) is 23.1. The standard InChI is InChI=1S/C22H20ClN3O5S/c1-32(29,30)26-19-13-16(11-12-18(19)23)22(28)25-24-21(27)14-31-20-10-6-5-9-17(20)15-7-3-2-4-8-15/h2-13,26H,14H2,1H3,(H,24,27)(H,25,28). The Balaban J connectivity index is 1.58. The average Bonchev–Trinajstić information content (AvgIpc) is 2.77. The van der Waals surface area contributed by atoms with Crippen molar-refractivity contribution in [2.45, 2.75) is 0 Å². The van der Waals surface area contributed by atoms with Crippen molar-refractivity contribution < 1.29 is 22.7 Å². The van der Waals surface area contributed by atoms with Crippen LogP contribution in [0.5, 0.6) is 5.75 Å². The number of amides is 2. The van der Waals surface area contributed by atoms with Crippen LogP contribution in [-0.2, 0) is 14.8 Å². The van der Waals surface area contributed by atoms with Crippen molar-refractivity contribution in [3.63, 3.8) is 0 Å². The van der Waals surface area contributed by atoms with E-state index in [9.17, 15) is 18.0 Å². The van der Waals surface area contributed by atoms with Gasteiger partial charge < -0.3 is 4.74 Å². The largest absolute Gasteiger partial charge is 0.483 e. The Morgan fingerprint density at radius 1 is 0.938 bits per heavy atom. The molecule has 0 fully saturated rings. The molecule has 2 amide bonds. The number of anilines is 1. The fraction of sp³-hybridized carbons (Fsp3) is 0.0909. The van der Waals surface area contributed by atoms with Crippen molar-refractivity contribution in [3.8, 4) is 16.9 Å². The van der Waals surface area contributed by atoms with Gasteiger partial charge in [0.25, 0.3) is 11.8 Å². The van der Waals surface area contributed by atoms with Crippen molar-refractivity contribution in [2.24, 2.45) is 0 Å². The number of benzene rings is 3. The van der Waals surface area contributed by atoms with Gasteiger partial charge in [0.2, 0.25) is 10.0 Å². The molecule has 3 aromatic rings. The molecule has 0 aromatic heterocycles. The molecule has 3 N–H and O–H groups in total. The summed E-state index contributed by atoms with van der Waals surface area (Å²) in [4.78, 5) is 24.4.